The first kappa shape index (κ1) is 6.81. The van der Waals surface area contributed by atoms with Crippen LogP contribution in [0.25, 0.3) is 0 Å². The summed E-state index contributed by atoms with van der Waals surface area (Å²) in [4.78, 5) is 0. The molecule has 3 heteroatoms. The molecule has 1 aliphatic rings. The highest BCUT2D eigenvalue weighted by Crippen LogP contribution is 2.22. The van der Waals surface area contributed by atoms with E-state index >= 15 is 0 Å². The second kappa shape index (κ2) is 2.14. The van der Waals surface area contributed by atoms with E-state index in [4.69, 9.17) is 0 Å². The molecule has 0 fully saturated rings. The summed E-state index contributed by atoms with van der Waals surface area (Å²) in [5, 5.41) is 0. The molecule has 1 rings (SSSR count). The number of rotatable bonds is 3. The summed E-state index contributed by atoms with van der Waals surface area (Å²) in [5.74, 6) is 0.318. The van der Waals surface area contributed by atoms with Crippen molar-refractivity contribution in [2.24, 2.45) is 0 Å². The van der Waals surface area contributed by atoms with Crippen molar-refractivity contribution in [2.75, 3.05) is 12.0 Å². The molecule has 0 radical (unpaired) electrons. The molecule has 0 atom stereocenters. The van der Waals surface area contributed by atoms with Gasteiger partial charge in [-0.25, -0.2) is 8.42 Å². The van der Waals surface area contributed by atoms with Crippen molar-refractivity contribution >= 4 is 9.84 Å². The Balaban J connectivity index is 2.26. The van der Waals surface area contributed by atoms with Gasteiger partial charge in [0.25, 0.3) is 0 Å². The van der Waals surface area contributed by atoms with Crippen LogP contribution in [0, 0.1) is 0 Å². The largest absolute Gasteiger partial charge is 0.229 e. The van der Waals surface area contributed by atoms with Crippen LogP contribution in [0.2, 0.25) is 0 Å². The predicted molar refractivity (Wildman–Crippen MR) is 37.0 cm³/mol. The summed E-state index contributed by atoms with van der Waals surface area (Å²) in [5.41, 5.74) is 1.29. The molecule has 0 amide bonds. The summed E-state index contributed by atoms with van der Waals surface area (Å²) < 4.78 is 21.1. The number of hydrogen-bond acceptors (Lipinski definition) is 2. The van der Waals surface area contributed by atoms with Crippen LogP contribution in [0.4, 0.5) is 0 Å². The fraction of sp³-hybridized carbons (Fsp3) is 0.667. The Labute approximate surface area is 55.5 Å². The number of hydrogen-bond donors (Lipinski definition) is 0. The van der Waals surface area contributed by atoms with Crippen molar-refractivity contribution in [1.82, 2.24) is 0 Å². The van der Waals surface area contributed by atoms with Crippen molar-refractivity contribution in [3.8, 4) is 0 Å². The Morgan fingerprint density at radius 1 is 1.67 bits per heavy atom. The maximum atomic E-state index is 10.5. The SMILES string of the molecule is CS(=O)(=O)CCC1=CC1. The van der Waals surface area contributed by atoms with Gasteiger partial charge in [0.1, 0.15) is 9.84 Å². The average molecular weight is 146 g/mol. The van der Waals surface area contributed by atoms with E-state index in [1.165, 1.54) is 11.8 Å². The van der Waals surface area contributed by atoms with Crippen LogP contribution in [0.1, 0.15) is 12.8 Å². The maximum absolute atomic E-state index is 10.5. The smallest absolute Gasteiger partial charge is 0.147 e. The van der Waals surface area contributed by atoms with E-state index < -0.39 is 9.84 Å². The van der Waals surface area contributed by atoms with Crippen LogP contribution in [-0.4, -0.2) is 20.4 Å². The van der Waals surface area contributed by atoms with Gasteiger partial charge in [0.2, 0.25) is 0 Å². The van der Waals surface area contributed by atoms with Gasteiger partial charge in [0, 0.05) is 6.26 Å². The Morgan fingerprint density at radius 2 is 2.22 bits per heavy atom. The van der Waals surface area contributed by atoms with Gasteiger partial charge in [-0.1, -0.05) is 11.6 Å². The minimum atomic E-state index is -2.72. The highest BCUT2D eigenvalue weighted by atomic mass is 32.2. The zero-order chi connectivity index (χ0) is 6.91. The Kier molecular flexibility index (Phi) is 1.62. The van der Waals surface area contributed by atoms with E-state index in [1.807, 2.05) is 0 Å². The zero-order valence-electron chi connectivity index (χ0n) is 5.42. The summed E-state index contributed by atoms with van der Waals surface area (Å²) in [6.07, 6.45) is 5.12. The molecule has 0 bridgehead atoms. The van der Waals surface area contributed by atoms with Gasteiger partial charge in [-0.15, -0.1) is 0 Å². The maximum Gasteiger partial charge on any atom is 0.147 e. The normalized spacial score (nSPS) is 17.2. The Bertz CT molecular complexity index is 223. The molecular formula is C6H10O2S. The summed E-state index contributed by atoms with van der Waals surface area (Å²) in [7, 11) is -2.72. The lowest BCUT2D eigenvalue weighted by Crippen LogP contribution is -2.01. The molecule has 0 N–H and O–H groups in total. The topological polar surface area (TPSA) is 34.1 Å². The van der Waals surface area contributed by atoms with Crippen LogP contribution in [0.15, 0.2) is 11.6 Å². The highest BCUT2D eigenvalue weighted by molar-refractivity contribution is 7.90. The van der Waals surface area contributed by atoms with Crippen LogP contribution in [0.3, 0.4) is 0 Å². The molecule has 0 heterocycles. The third-order valence-corrected chi connectivity index (χ3v) is 2.23. The number of allylic oxidation sites excluding steroid dienone is 2. The lowest BCUT2D eigenvalue weighted by Gasteiger charge is -1.91. The molecular weight excluding hydrogens is 136 g/mol. The minimum Gasteiger partial charge on any atom is -0.229 e. The zero-order valence-corrected chi connectivity index (χ0v) is 6.24. The monoisotopic (exact) mass is 146 g/mol. The van der Waals surface area contributed by atoms with Crippen LogP contribution in [0.5, 0.6) is 0 Å². The van der Waals surface area contributed by atoms with Crippen molar-refractivity contribution in [3.05, 3.63) is 11.6 Å². The van der Waals surface area contributed by atoms with Gasteiger partial charge in [0.05, 0.1) is 5.75 Å². The summed E-state index contributed by atoms with van der Waals surface area (Å²) in [6.45, 7) is 0. The average Bonchev–Trinajstić information content (AvgIpc) is 2.38. The second-order valence-corrected chi connectivity index (χ2v) is 4.71. The molecule has 2 nitrogen and oxygen atoms in total. The van der Waals surface area contributed by atoms with Gasteiger partial charge < -0.3 is 0 Å². The van der Waals surface area contributed by atoms with E-state index in [0.29, 0.717) is 5.75 Å². The summed E-state index contributed by atoms with van der Waals surface area (Å²) >= 11 is 0. The van der Waals surface area contributed by atoms with Gasteiger partial charge in [-0.3, -0.25) is 0 Å². The lowest BCUT2D eigenvalue weighted by molar-refractivity contribution is 0.601. The lowest BCUT2D eigenvalue weighted by atomic mass is 10.4. The molecule has 0 aliphatic heterocycles. The fourth-order valence-corrected chi connectivity index (χ4v) is 1.23. The molecule has 1 aliphatic carbocycles. The number of sulfone groups is 1. The van der Waals surface area contributed by atoms with Gasteiger partial charge >= 0.3 is 0 Å². The van der Waals surface area contributed by atoms with Crippen molar-refractivity contribution in [2.45, 2.75) is 12.8 Å². The Hall–Kier alpha value is -0.310. The highest BCUT2D eigenvalue weighted by Gasteiger charge is 2.09. The van der Waals surface area contributed by atoms with Crippen LogP contribution < -0.4 is 0 Å². The molecule has 0 aromatic rings. The first-order valence-corrected chi connectivity index (χ1v) is 4.99. The molecule has 52 valence electrons. The third-order valence-electron chi connectivity index (χ3n) is 1.29. The van der Waals surface area contributed by atoms with Gasteiger partial charge in [-0.2, -0.15) is 0 Å². The standard InChI is InChI=1S/C6H10O2S/c1-9(7,8)5-4-6-2-3-6/h2H,3-5H2,1H3. The Morgan fingerprint density at radius 3 is 2.56 bits per heavy atom. The van der Waals surface area contributed by atoms with Crippen molar-refractivity contribution in [1.29, 1.82) is 0 Å². The van der Waals surface area contributed by atoms with E-state index in [0.717, 1.165) is 12.8 Å². The molecule has 0 aromatic heterocycles. The molecule has 9 heavy (non-hydrogen) atoms. The van der Waals surface area contributed by atoms with Crippen molar-refractivity contribution < 1.29 is 8.42 Å². The first-order chi connectivity index (χ1) is 4.08. The van der Waals surface area contributed by atoms with Crippen molar-refractivity contribution in [3.63, 3.8) is 0 Å². The van der Waals surface area contributed by atoms with Gasteiger partial charge in [-0.05, 0) is 12.8 Å². The third kappa shape index (κ3) is 3.30. The second-order valence-electron chi connectivity index (χ2n) is 2.45. The van der Waals surface area contributed by atoms with Crippen LogP contribution >= 0.6 is 0 Å². The van der Waals surface area contributed by atoms with E-state index in [-0.39, 0.29) is 0 Å². The van der Waals surface area contributed by atoms with E-state index in [2.05, 4.69) is 6.08 Å². The van der Waals surface area contributed by atoms with Crippen LogP contribution in [-0.2, 0) is 9.84 Å². The quantitative estimate of drug-likeness (QED) is 0.551. The van der Waals surface area contributed by atoms with E-state index in [9.17, 15) is 8.42 Å². The van der Waals surface area contributed by atoms with Gasteiger partial charge in [0.15, 0.2) is 0 Å². The minimum absolute atomic E-state index is 0.318. The molecule has 0 saturated heterocycles. The first-order valence-electron chi connectivity index (χ1n) is 2.93. The molecule has 0 aromatic carbocycles. The molecule has 0 saturated carbocycles. The summed E-state index contributed by atoms with van der Waals surface area (Å²) in [6, 6.07) is 0. The van der Waals surface area contributed by atoms with E-state index in [1.54, 1.807) is 0 Å². The molecule has 0 unspecified atom stereocenters. The molecule has 0 spiro atoms. The predicted octanol–water partition coefficient (Wildman–Crippen LogP) is 0.751. The fourth-order valence-electron chi connectivity index (χ4n) is 0.593.